The van der Waals surface area contributed by atoms with Crippen LogP contribution in [0, 0.1) is 6.92 Å². The Hall–Kier alpha value is -2.63. The number of nitrogen functional groups attached to an aromatic ring is 1. The zero-order chi connectivity index (χ0) is 14.5. The first kappa shape index (κ1) is 13.8. The van der Waals surface area contributed by atoms with Gasteiger partial charge in [0.25, 0.3) is 5.91 Å². The van der Waals surface area contributed by atoms with E-state index in [9.17, 15) is 4.79 Å². The summed E-state index contributed by atoms with van der Waals surface area (Å²) in [7, 11) is 1.51. The Morgan fingerprint density at radius 2 is 2.15 bits per heavy atom. The molecule has 0 aliphatic heterocycles. The molecule has 104 valence electrons. The topological polar surface area (TPSA) is 90.1 Å². The lowest BCUT2D eigenvalue weighted by Gasteiger charge is -2.08. The third-order valence-electron chi connectivity index (χ3n) is 2.76. The summed E-state index contributed by atoms with van der Waals surface area (Å²) in [5.74, 6) is 0.262. The van der Waals surface area contributed by atoms with Gasteiger partial charge in [0.05, 0.1) is 36.9 Å². The summed E-state index contributed by atoms with van der Waals surface area (Å²) in [6.45, 7) is 2.18. The number of methoxy groups -OCH3 is 1. The number of anilines is 1. The fourth-order valence-corrected chi connectivity index (χ4v) is 1.64. The molecule has 0 spiro atoms. The minimum Gasteiger partial charge on any atom is -0.495 e. The van der Waals surface area contributed by atoms with Crippen LogP contribution in [-0.2, 0) is 6.54 Å². The van der Waals surface area contributed by atoms with Crippen molar-refractivity contribution in [2.24, 2.45) is 0 Å². The van der Waals surface area contributed by atoms with Crippen LogP contribution < -0.4 is 15.8 Å². The molecular weight excluding hydrogens is 256 g/mol. The molecule has 1 aromatic carbocycles. The van der Waals surface area contributed by atoms with Crippen molar-refractivity contribution in [2.75, 3.05) is 12.8 Å². The van der Waals surface area contributed by atoms with Gasteiger partial charge in [0, 0.05) is 11.8 Å². The number of hydrogen-bond acceptors (Lipinski definition) is 5. The Balaban J connectivity index is 2.03. The maximum absolute atomic E-state index is 12.0. The second-order valence-corrected chi connectivity index (χ2v) is 4.29. The Kier molecular flexibility index (Phi) is 4.14. The summed E-state index contributed by atoms with van der Waals surface area (Å²) in [4.78, 5) is 20.3. The zero-order valence-electron chi connectivity index (χ0n) is 11.4. The molecule has 0 unspecified atom stereocenters. The third kappa shape index (κ3) is 3.23. The fourth-order valence-electron chi connectivity index (χ4n) is 1.64. The smallest absolute Gasteiger partial charge is 0.251 e. The van der Waals surface area contributed by atoms with Crippen LogP contribution in [-0.4, -0.2) is 23.0 Å². The van der Waals surface area contributed by atoms with Gasteiger partial charge in [-0.25, -0.2) is 0 Å². The third-order valence-corrected chi connectivity index (χ3v) is 2.76. The van der Waals surface area contributed by atoms with Crippen LogP contribution >= 0.6 is 0 Å². The molecule has 0 radical (unpaired) electrons. The molecule has 0 fully saturated rings. The van der Waals surface area contributed by atoms with Crippen molar-refractivity contribution in [3.8, 4) is 5.75 Å². The minimum absolute atomic E-state index is 0.217. The molecule has 2 aromatic rings. The van der Waals surface area contributed by atoms with Crippen molar-refractivity contribution in [1.29, 1.82) is 0 Å². The number of rotatable bonds is 4. The van der Waals surface area contributed by atoms with E-state index in [1.54, 1.807) is 30.6 Å². The van der Waals surface area contributed by atoms with Gasteiger partial charge in [-0.1, -0.05) is 0 Å². The number of hydrogen-bond donors (Lipinski definition) is 2. The maximum Gasteiger partial charge on any atom is 0.251 e. The van der Waals surface area contributed by atoms with Crippen LogP contribution in [0.3, 0.4) is 0 Å². The Morgan fingerprint density at radius 3 is 2.80 bits per heavy atom. The van der Waals surface area contributed by atoms with Crippen LogP contribution in [0.25, 0.3) is 0 Å². The van der Waals surface area contributed by atoms with Crippen LogP contribution in [0.15, 0.2) is 30.6 Å². The number of nitrogens with zero attached hydrogens (tertiary/aromatic N) is 2. The van der Waals surface area contributed by atoms with Crippen molar-refractivity contribution in [2.45, 2.75) is 13.5 Å². The number of nitrogens with one attached hydrogen (secondary N) is 1. The van der Waals surface area contributed by atoms with E-state index in [0.29, 0.717) is 29.2 Å². The lowest BCUT2D eigenvalue weighted by Crippen LogP contribution is -2.23. The highest BCUT2D eigenvalue weighted by Gasteiger charge is 2.09. The number of carbonyl (C=O) groups excluding carboxylic acids is 1. The van der Waals surface area contributed by atoms with Gasteiger partial charge in [-0.05, 0) is 25.1 Å². The molecule has 1 aromatic heterocycles. The van der Waals surface area contributed by atoms with E-state index in [4.69, 9.17) is 10.5 Å². The van der Waals surface area contributed by atoms with Gasteiger partial charge in [-0.2, -0.15) is 0 Å². The average Bonchev–Trinajstić information content (AvgIpc) is 2.47. The van der Waals surface area contributed by atoms with Crippen molar-refractivity contribution in [1.82, 2.24) is 15.3 Å². The SMILES string of the molecule is COc1cc(C(=O)NCc2cnc(C)cn2)ccc1N. The summed E-state index contributed by atoms with van der Waals surface area (Å²) in [6.07, 6.45) is 3.30. The highest BCUT2D eigenvalue weighted by Crippen LogP contribution is 2.21. The standard InChI is InChI=1S/C14H16N4O2/c1-9-6-17-11(7-16-9)8-18-14(19)10-3-4-12(15)13(5-10)20-2/h3-7H,8,15H2,1-2H3,(H,18,19). The lowest BCUT2D eigenvalue weighted by atomic mass is 10.2. The molecule has 2 rings (SSSR count). The monoisotopic (exact) mass is 272 g/mol. The molecule has 6 heteroatoms. The highest BCUT2D eigenvalue weighted by molar-refractivity contribution is 5.95. The average molecular weight is 272 g/mol. The predicted octanol–water partition coefficient (Wildman–Crippen LogP) is 1.31. The number of carbonyl (C=O) groups is 1. The fraction of sp³-hybridized carbons (Fsp3) is 0.214. The highest BCUT2D eigenvalue weighted by atomic mass is 16.5. The predicted molar refractivity (Wildman–Crippen MR) is 75.3 cm³/mol. The van der Waals surface area contributed by atoms with E-state index in [0.717, 1.165) is 5.69 Å². The normalized spacial score (nSPS) is 10.1. The first-order chi connectivity index (χ1) is 9.60. The van der Waals surface area contributed by atoms with Crippen LogP contribution in [0.5, 0.6) is 5.75 Å². The molecule has 6 nitrogen and oxygen atoms in total. The van der Waals surface area contributed by atoms with Crippen LogP contribution in [0.1, 0.15) is 21.7 Å². The van der Waals surface area contributed by atoms with E-state index in [1.165, 1.54) is 7.11 Å². The summed E-state index contributed by atoms with van der Waals surface area (Å²) < 4.78 is 5.08. The zero-order valence-corrected chi connectivity index (χ0v) is 11.4. The number of aryl methyl sites for hydroxylation is 1. The number of benzene rings is 1. The first-order valence-electron chi connectivity index (χ1n) is 6.09. The molecule has 20 heavy (non-hydrogen) atoms. The largest absolute Gasteiger partial charge is 0.495 e. The summed E-state index contributed by atoms with van der Waals surface area (Å²) in [5, 5.41) is 2.77. The Bertz CT molecular complexity index is 611. The molecule has 0 aliphatic carbocycles. The minimum atomic E-state index is -0.217. The molecule has 3 N–H and O–H groups in total. The number of aromatic nitrogens is 2. The second kappa shape index (κ2) is 6.01. The summed E-state index contributed by atoms with van der Waals surface area (Å²) >= 11 is 0. The van der Waals surface area contributed by atoms with E-state index in [1.807, 2.05) is 6.92 Å². The quantitative estimate of drug-likeness (QED) is 0.819. The molecule has 1 amide bonds. The van der Waals surface area contributed by atoms with Crippen molar-refractivity contribution >= 4 is 11.6 Å². The van der Waals surface area contributed by atoms with Gasteiger partial charge >= 0.3 is 0 Å². The van der Waals surface area contributed by atoms with Gasteiger partial charge in [0.2, 0.25) is 0 Å². The van der Waals surface area contributed by atoms with Crippen molar-refractivity contribution in [3.05, 3.63) is 47.5 Å². The van der Waals surface area contributed by atoms with Gasteiger partial charge < -0.3 is 15.8 Å². The van der Waals surface area contributed by atoms with E-state index in [-0.39, 0.29) is 5.91 Å². The number of ether oxygens (including phenoxy) is 1. The first-order valence-corrected chi connectivity index (χ1v) is 6.09. The van der Waals surface area contributed by atoms with Crippen molar-refractivity contribution in [3.63, 3.8) is 0 Å². The summed E-state index contributed by atoms with van der Waals surface area (Å²) in [6, 6.07) is 4.89. The number of amides is 1. The Labute approximate surface area is 117 Å². The molecule has 0 atom stereocenters. The van der Waals surface area contributed by atoms with Crippen molar-refractivity contribution < 1.29 is 9.53 Å². The Morgan fingerprint density at radius 1 is 1.35 bits per heavy atom. The van der Waals surface area contributed by atoms with Crippen LogP contribution in [0.2, 0.25) is 0 Å². The number of nitrogens with two attached hydrogens (primary N) is 1. The molecule has 1 heterocycles. The van der Waals surface area contributed by atoms with Gasteiger partial charge in [0.15, 0.2) is 0 Å². The van der Waals surface area contributed by atoms with E-state index in [2.05, 4.69) is 15.3 Å². The maximum atomic E-state index is 12.0. The van der Waals surface area contributed by atoms with Gasteiger partial charge in [0.1, 0.15) is 5.75 Å². The van der Waals surface area contributed by atoms with Gasteiger partial charge in [-0.15, -0.1) is 0 Å². The van der Waals surface area contributed by atoms with E-state index < -0.39 is 0 Å². The molecule has 0 aliphatic rings. The molecule has 0 saturated heterocycles. The van der Waals surface area contributed by atoms with Gasteiger partial charge in [-0.3, -0.25) is 14.8 Å². The molecular formula is C14H16N4O2. The second-order valence-electron chi connectivity index (χ2n) is 4.29. The van der Waals surface area contributed by atoms with Crippen LogP contribution in [0.4, 0.5) is 5.69 Å². The lowest BCUT2D eigenvalue weighted by molar-refractivity contribution is 0.0950. The van der Waals surface area contributed by atoms with E-state index >= 15 is 0 Å². The molecule has 0 bridgehead atoms. The summed E-state index contributed by atoms with van der Waals surface area (Å²) in [5.41, 5.74) is 8.22. The molecule has 0 saturated carbocycles.